The van der Waals surface area contributed by atoms with Crippen molar-refractivity contribution in [2.24, 2.45) is 0 Å². The van der Waals surface area contributed by atoms with Gasteiger partial charge in [0.15, 0.2) is 11.5 Å². The highest BCUT2D eigenvalue weighted by Crippen LogP contribution is 2.34. The number of benzene rings is 2. The molecule has 0 aromatic heterocycles. The van der Waals surface area contributed by atoms with Gasteiger partial charge in [-0.15, -0.1) is 0 Å². The van der Waals surface area contributed by atoms with E-state index in [4.69, 9.17) is 18.9 Å². The van der Waals surface area contributed by atoms with Crippen LogP contribution in [0.5, 0.6) is 23.0 Å². The summed E-state index contributed by atoms with van der Waals surface area (Å²) in [6.07, 6.45) is 0.300. The Morgan fingerprint density at radius 2 is 1.92 bits per heavy atom. The molecule has 0 radical (unpaired) electrons. The maximum atomic E-state index is 12.1. The van der Waals surface area contributed by atoms with Gasteiger partial charge in [-0.3, -0.25) is 4.79 Å². The van der Waals surface area contributed by atoms with E-state index in [2.05, 4.69) is 10.6 Å². The van der Waals surface area contributed by atoms with E-state index in [0.717, 1.165) is 5.69 Å². The predicted molar refractivity (Wildman–Crippen MR) is 93.8 cm³/mol. The second kappa shape index (κ2) is 7.65. The number of ether oxygens (including phenoxy) is 4. The van der Waals surface area contributed by atoms with Gasteiger partial charge in [-0.2, -0.15) is 0 Å². The molecule has 1 aliphatic rings. The number of nitrogens with one attached hydrogen (secondary N) is 2. The van der Waals surface area contributed by atoms with Crippen molar-refractivity contribution in [3.63, 3.8) is 0 Å². The van der Waals surface area contributed by atoms with Crippen LogP contribution in [0.4, 0.5) is 11.4 Å². The summed E-state index contributed by atoms with van der Waals surface area (Å²) < 4.78 is 21.0. The van der Waals surface area contributed by atoms with Crippen molar-refractivity contribution < 1.29 is 23.7 Å². The number of amides is 1. The first-order valence-corrected chi connectivity index (χ1v) is 7.85. The minimum absolute atomic E-state index is 0.103. The minimum atomic E-state index is -0.103. The molecule has 132 valence electrons. The van der Waals surface area contributed by atoms with Gasteiger partial charge in [-0.05, 0) is 24.3 Å². The molecule has 7 nitrogen and oxygen atoms in total. The third-order valence-electron chi connectivity index (χ3n) is 3.73. The molecule has 0 bridgehead atoms. The first-order chi connectivity index (χ1) is 12.2. The van der Waals surface area contributed by atoms with Crippen LogP contribution in [0.1, 0.15) is 6.42 Å². The minimum Gasteiger partial charge on any atom is -0.497 e. The Morgan fingerprint density at radius 3 is 2.72 bits per heavy atom. The maximum absolute atomic E-state index is 12.1. The van der Waals surface area contributed by atoms with Crippen LogP contribution in [0.25, 0.3) is 0 Å². The summed E-state index contributed by atoms with van der Waals surface area (Å²) in [4.78, 5) is 12.1. The maximum Gasteiger partial charge on any atom is 0.231 e. The summed E-state index contributed by atoms with van der Waals surface area (Å²) in [7, 11) is 3.20. The highest BCUT2D eigenvalue weighted by Gasteiger charge is 2.14. The second-order valence-electron chi connectivity index (χ2n) is 5.36. The first kappa shape index (κ1) is 16.8. The fourth-order valence-corrected chi connectivity index (χ4v) is 2.46. The van der Waals surface area contributed by atoms with Crippen molar-refractivity contribution in [1.82, 2.24) is 0 Å². The summed E-state index contributed by atoms with van der Waals surface area (Å²) in [5.41, 5.74) is 1.45. The number of fused-ring (bicyclic) bond motifs is 1. The van der Waals surface area contributed by atoms with Crippen LogP contribution in [0.2, 0.25) is 0 Å². The smallest absolute Gasteiger partial charge is 0.231 e. The Bertz CT molecular complexity index is 763. The van der Waals surface area contributed by atoms with Crippen LogP contribution < -0.4 is 29.6 Å². The van der Waals surface area contributed by atoms with E-state index in [-0.39, 0.29) is 12.7 Å². The molecule has 2 aromatic carbocycles. The Hall–Kier alpha value is -3.09. The molecule has 0 aliphatic carbocycles. The Morgan fingerprint density at radius 1 is 1.08 bits per heavy atom. The van der Waals surface area contributed by atoms with E-state index in [9.17, 15) is 4.79 Å². The molecule has 2 N–H and O–H groups in total. The number of anilines is 2. The lowest BCUT2D eigenvalue weighted by molar-refractivity contribution is -0.115. The number of carbonyl (C=O) groups excluding carboxylic acids is 1. The standard InChI is InChI=1S/C18H20N2O5/c1-22-13-4-6-15(23-2)14(10-13)19-8-7-18(21)20-12-3-5-16-17(9-12)25-11-24-16/h3-6,9-10,19H,7-8,11H2,1-2H3,(H,20,21). The van der Waals surface area contributed by atoms with Gasteiger partial charge in [-0.1, -0.05) is 0 Å². The third-order valence-corrected chi connectivity index (χ3v) is 3.73. The molecule has 0 saturated heterocycles. The molecule has 25 heavy (non-hydrogen) atoms. The molecule has 0 fully saturated rings. The number of hydrogen-bond donors (Lipinski definition) is 2. The molecule has 0 spiro atoms. The Kier molecular flexibility index (Phi) is 5.13. The molecule has 1 heterocycles. The topological polar surface area (TPSA) is 78.1 Å². The van der Waals surface area contributed by atoms with Crippen LogP contribution in [0.15, 0.2) is 36.4 Å². The van der Waals surface area contributed by atoms with Crippen LogP contribution in [0, 0.1) is 0 Å². The highest BCUT2D eigenvalue weighted by atomic mass is 16.7. The van der Waals surface area contributed by atoms with Gasteiger partial charge in [0.25, 0.3) is 0 Å². The van der Waals surface area contributed by atoms with Crippen molar-refractivity contribution in [3.05, 3.63) is 36.4 Å². The molecule has 2 aromatic rings. The van der Waals surface area contributed by atoms with Gasteiger partial charge in [0.05, 0.1) is 19.9 Å². The molecule has 0 unspecified atom stereocenters. The third kappa shape index (κ3) is 4.06. The lowest BCUT2D eigenvalue weighted by atomic mass is 10.2. The number of hydrogen-bond acceptors (Lipinski definition) is 6. The van der Waals surface area contributed by atoms with E-state index in [1.165, 1.54) is 0 Å². The second-order valence-corrected chi connectivity index (χ2v) is 5.36. The Labute approximate surface area is 145 Å². The lowest BCUT2D eigenvalue weighted by Gasteiger charge is -2.12. The quantitative estimate of drug-likeness (QED) is 0.804. The largest absolute Gasteiger partial charge is 0.497 e. The van der Waals surface area contributed by atoms with E-state index < -0.39 is 0 Å². The average molecular weight is 344 g/mol. The van der Waals surface area contributed by atoms with Crippen LogP contribution in [-0.2, 0) is 4.79 Å². The zero-order valence-electron chi connectivity index (χ0n) is 14.1. The van der Waals surface area contributed by atoms with Gasteiger partial charge in [0.2, 0.25) is 12.7 Å². The summed E-state index contributed by atoms with van der Waals surface area (Å²) in [6.45, 7) is 0.666. The zero-order valence-corrected chi connectivity index (χ0v) is 14.1. The zero-order chi connectivity index (χ0) is 17.6. The van der Waals surface area contributed by atoms with Gasteiger partial charge < -0.3 is 29.6 Å². The van der Waals surface area contributed by atoms with Gasteiger partial charge >= 0.3 is 0 Å². The normalized spacial score (nSPS) is 11.8. The fraction of sp³-hybridized carbons (Fsp3) is 0.278. The van der Waals surface area contributed by atoms with Gasteiger partial charge in [0, 0.05) is 30.8 Å². The summed E-state index contributed by atoms with van der Waals surface area (Å²) in [5, 5.41) is 6.03. The van der Waals surface area contributed by atoms with Crippen molar-refractivity contribution in [3.8, 4) is 23.0 Å². The highest BCUT2D eigenvalue weighted by molar-refractivity contribution is 5.91. The van der Waals surface area contributed by atoms with Crippen LogP contribution in [-0.4, -0.2) is 33.5 Å². The molecular weight excluding hydrogens is 324 g/mol. The Balaban J connectivity index is 1.53. The van der Waals surface area contributed by atoms with E-state index in [0.29, 0.717) is 41.7 Å². The molecular formula is C18H20N2O5. The molecule has 1 amide bonds. The molecule has 7 heteroatoms. The summed E-state index contributed by atoms with van der Waals surface area (Å²) in [6, 6.07) is 10.8. The van der Waals surface area contributed by atoms with Crippen LogP contribution in [0.3, 0.4) is 0 Å². The SMILES string of the molecule is COc1ccc(OC)c(NCCC(=O)Nc2ccc3c(c2)OCO3)c1. The number of carbonyl (C=O) groups is 1. The number of methoxy groups -OCH3 is 2. The number of rotatable bonds is 7. The molecule has 1 aliphatic heterocycles. The van der Waals surface area contributed by atoms with E-state index >= 15 is 0 Å². The predicted octanol–water partition coefficient (Wildman–Crippen LogP) is 2.87. The van der Waals surface area contributed by atoms with Crippen molar-refractivity contribution in [2.45, 2.75) is 6.42 Å². The molecule has 3 rings (SSSR count). The van der Waals surface area contributed by atoms with Crippen molar-refractivity contribution >= 4 is 17.3 Å². The van der Waals surface area contributed by atoms with E-state index in [1.54, 1.807) is 32.4 Å². The summed E-state index contributed by atoms with van der Waals surface area (Å²) >= 11 is 0. The van der Waals surface area contributed by atoms with Crippen molar-refractivity contribution in [2.75, 3.05) is 38.2 Å². The van der Waals surface area contributed by atoms with Crippen LogP contribution >= 0.6 is 0 Å². The molecule has 0 saturated carbocycles. The van der Waals surface area contributed by atoms with E-state index in [1.807, 2.05) is 18.2 Å². The molecule has 0 atom stereocenters. The fourth-order valence-electron chi connectivity index (χ4n) is 2.46. The summed E-state index contributed by atoms with van der Waals surface area (Å²) in [5.74, 6) is 2.63. The van der Waals surface area contributed by atoms with Gasteiger partial charge in [-0.25, -0.2) is 0 Å². The lowest BCUT2D eigenvalue weighted by Crippen LogP contribution is -2.16. The monoisotopic (exact) mass is 344 g/mol. The first-order valence-electron chi connectivity index (χ1n) is 7.85. The van der Waals surface area contributed by atoms with Crippen molar-refractivity contribution in [1.29, 1.82) is 0 Å². The average Bonchev–Trinajstić information content (AvgIpc) is 3.09. The van der Waals surface area contributed by atoms with Gasteiger partial charge in [0.1, 0.15) is 11.5 Å².